The maximum atomic E-state index is 11.5. The molecule has 0 aliphatic heterocycles. The van der Waals surface area contributed by atoms with E-state index < -0.39 is 24.1 Å². The average Bonchev–Trinajstić information content (AvgIpc) is 2.43. The molecule has 2 amide bonds. The van der Waals surface area contributed by atoms with Crippen molar-refractivity contribution in [2.24, 2.45) is 0 Å². The zero-order valence-electron chi connectivity index (χ0n) is 11.2. The summed E-state index contributed by atoms with van der Waals surface area (Å²) < 4.78 is 4.94. The van der Waals surface area contributed by atoms with Crippen LogP contribution in [-0.2, 0) is 11.3 Å². The van der Waals surface area contributed by atoms with E-state index in [1.165, 1.54) is 7.11 Å². The van der Waals surface area contributed by atoms with Crippen molar-refractivity contribution in [3.63, 3.8) is 0 Å². The van der Waals surface area contributed by atoms with Crippen LogP contribution in [0.2, 0.25) is 0 Å². The van der Waals surface area contributed by atoms with E-state index >= 15 is 0 Å². The summed E-state index contributed by atoms with van der Waals surface area (Å²) in [7, 11) is 1.49. The smallest absolute Gasteiger partial charge is 0.337 e. The lowest BCUT2D eigenvalue weighted by Crippen LogP contribution is -2.48. The number of amides is 2. The molecule has 0 spiro atoms. The molecule has 1 atom stereocenters. The number of pyridine rings is 1. The number of aromatic nitrogens is 1. The number of hydrogen-bond donors (Lipinski definition) is 4. The van der Waals surface area contributed by atoms with Crippen LogP contribution in [0.1, 0.15) is 12.5 Å². The summed E-state index contributed by atoms with van der Waals surface area (Å²) >= 11 is 0. The van der Waals surface area contributed by atoms with Gasteiger partial charge in [0.25, 0.3) is 0 Å². The van der Waals surface area contributed by atoms with Gasteiger partial charge in [0.1, 0.15) is 0 Å². The number of hydrogen-bond acceptors (Lipinski definition) is 5. The van der Waals surface area contributed by atoms with E-state index in [-0.39, 0.29) is 6.54 Å². The van der Waals surface area contributed by atoms with Crippen LogP contribution < -0.4 is 15.4 Å². The molecular formula is C12H17N3O5. The number of methoxy groups -OCH3 is 1. The maximum Gasteiger partial charge on any atom is 0.337 e. The number of carbonyl (C=O) groups excluding carboxylic acids is 1. The van der Waals surface area contributed by atoms with E-state index in [9.17, 15) is 14.7 Å². The molecule has 1 aromatic heterocycles. The van der Waals surface area contributed by atoms with Crippen molar-refractivity contribution in [3.05, 3.63) is 23.9 Å². The fourth-order valence-electron chi connectivity index (χ4n) is 1.24. The Morgan fingerprint density at radius 1 is 1.45 bits per heavy atom. The molecule has 20 heavy (non-hydrogen) atoms. The number of carbonyl (C=O) groups is 2. The molecule has 0 aliphatic carbocycles. The van der Waals surface area contributed by atoms with E-state index in [0.717, 1.165) is 12.5 Å². The number of nitrogens with zero attached hydrogens (tertiary/aromatic N) is 1. The second-order valence-corrected chi connectivity index (χ2v) is 4.32. The first kappa shape index (κ1) is 15.7. The molecule has 8 heteroatoms. The molecule has 8 nitrogen and oxygen atoms in total. The van der Waals surface area contributed by atoms with Crippen LogP contribution in [0.25, 0.3) is 0 Å². The van der Waals surface area contributed by atoms with Crippen molar-refractivity contribution in [1.29, 1.82) is 0 Å². The molecule has 1 aromatic rings. The number of carboxylic acids is 1. The van der Waals surface area contributed by atoms with E-state index in [1.807, 2.05) is 0 Å². The third kappa shape index (κ3) is 4.73. The Hall–Kier alpha value is -2.35. The third-order valence-electron chi connectivity index (χ3n) is 2.52. The number of nitrogens with one attached hydrogen (secondary N) is 2. The van der Waals surface area contributed by atoms with Gasteiger partial charge in [-0.3, -0.25) is 0 Å². The highest BCUT2D eigenvalue weighted by molar-refractivity contribution is 5.79. The van der Waals surface area contributed by atoms with Gasteiger partial charge in [-0.15, -0.1) is 0 Å². The van der Waals surface area contributed by atoms with Crippen molar-refractivity contribution in [3.8, 4) is 5.88 Å². The molecule has 1 rings (SSSR count). The summed E-state index contributed by atoms with van der Waals surface area (Å²) in [6.45, 7) is 0.928. The highest BCUT2D eigenvalue weighted by Gasteiger charge is 2.30. The topological polar surface area (TPSA) is 121 Å². The normalized spacial score (nSPS) is 13.2. The molecule has 4 N–H and O–H groups in total. The first-order chi connectivity index (χ1) is 9.35. The van der Waals surface area contributed by atoms with Crippen LogP contribution in [0.5, 0.6) is 5.88 Å². The minimum atomic E-state index is -2.00. The summed E-state index contributed by atoms with van der Waals surface area (Å²) in [4.78, 5) is 26.0. The van der Waals surface area contributed by atoms with Crippen molar-refractivity contribution < 1.29 is 24.5 Å². The number of aliphatic carboxylic acids is 1. The van der Waals surface area contributed by atoms with Gasteiger partial charge in [-0.25, -0.2) is 14.6 Å². The van der Waals surface area contributed by atoms with Gasteiger partial charge in [0.15, 0.2) is 5.60 Å². The molecule has 1 heterocycles. The number of carboxylic acid groups (broad SMARTS) is 1. The van der Waals surface area contributed by atoms with Crippen LogP contribution in [0.3, 0.4) is 0 Å². The molecular weight excluding hydrogens is 266 g/mol. The SMILES string of the molecule is COc1cc(CNC(=O)NCC(C)(O)C(=O)O)ccn1. The van der Waals surface area contributed by atoms with Crippen molar-refractivity contribution in [2.75, 3.05) is 13.7 Å². The standard InChI is InChI=1S/C12H17N3O5/c1-12(19,10(16)17)7-15-11(18)14-6-8-3-4-13-9(5-8)20-2/h3-5,19H,6-7H2,1-2H3,(H,16,17)(H2,14,15,18). The summed E-state index contributed by atoms with van der Waals surface area (Å²) in [5, 5.41) is 22.9. The Kier molecular flexibility index (Phi) is 5.27. The average molecular weight is 283 g/mol. The van der Waals surface area contributed by atoms with Crippen LogP contribution >= 0.6 is 0 Å². The van der Waals surface area contributed by atoms with Crippen molar-refractivity contribution in [2.45, 2.75) is 19.1 Å². The summed E-state index contributed by atoms with van der Waals surface area (Å²) in [5.41, 5.74) is -1.23. The summed E-state index contributed by atoms with van der Waals surface area (Å²) in [5.74, 6) is -0.977. The van der Waals surface area contributed by atoms with Gasteiger partial charge in [0.05, 0.1) is 13.7 Å². The maximum absolute atomic E-state index is 11.5. The minimum absolute atomic E-state index is 0.222. The Morgan fingerprint density at radius 2 is 2.15 bits per heavy atom. The largest absolute Gasteiger partial charge is 0.481 e. The number of rotatable bonds is 6. The highest BCUT2D eigenvalue weighted by atomic mass is 16.5. The third-order valence-corrected chi connectivity index (χ3v) is 2.52. The van der Waals surface area contributed by atoms with E-state index in [4.69, 9.17) is 9.84 Å². The Morgan fingerprint density at radius 3 is 2.75 bits per heavy atom. The van der Waals surface area contributed by atoms with Gasteiger partial charge in [0.2, 0.25) is 5.88 Å². The lowest BCUT2D eigenvalue weighted by atomic mass is 10.1. The van der Waals surface area contributed by atoms with Crippen LogP contribution in [0.15, 0.2) is 18.3 Å². The molecule has 0 aliphatic rings. The van der Waals surface area contributed by atoms with Gasteiger partial charge in [-0.2, -0.15) is 0 Å². The second kappa shape index (κ2) is 6.71. The highest BCUT2D eigenvalue weighted by Crippen LogP contribution is 2.07. The lowest BCUT2D eigenvalue weighted by Gasteiger charge is -2.18. The monoisotopic (exact) mass is 283 g/mol. The van der Waals surface area contributed by atoms with Gasteiger partial charge < -0.3 is 25.6 Å². The van der Waals surface area contributed by atoms with Crippen LogP contribution in [0, 0.1) is 0 Å². The van der Waals surface area contributed by atoms with E-state index in [2.05, 4.69) is 15.6 Å². The predicted molar refractivity (Wildman–Crippen MR) is 69.3 cm³/mol. The molecule has 0 saturated heterocycles. The minimum Gasteiger partial charge on any atom is -0.481 e. The Labute approximate surface area is 115 Å². The van der Waals surface area contributed by atoms with Crippen LogP contribution in [0.4, 0.5) is 4.79 Å². The van der Waals surface area contributed by atoms with Gasteiger partial charge >= 0.3 is 12.0 Å². The van der Waals surface area contributed by atoms with E-state index in [0.29, 0.717) is 5.88 Å². The molecule has 110 valence electrons. The number of ether oxygens (including phenoxy) is 1. The molecule has 0 radical (unpaired) electrons. The zero-order valence-corrected chi connectivity index (χ0v) is 11.2. The Bertz CT molecular complexity index is 490. The fourth-order valence-corrected chi connectivity index (χ4v) is 1.24. The van der Waals surface area contributed by atoms with Crippen molar-refractivity contribution in [1.82, 2.24) is 15.6 Å². The Balaban J connectivity index is 2.42. The van der Waals surface area contributed by atoms with Gasteiger partial charge in [-0.1, -0.05) is 0 Å². The predicted octanol–water partition coefficient (Wildman–Crippen LogP) is -0.275. The number of urea groups is 1. The van der Waals surface area contributed by atoms with Gasteiger partial charge in [0, 0.05) is 18.8 Å². The van der Waals surface area contributed by atoms with Gasteiger partial charge in [-0.05, 0) is 18.6 Å². The number of aliphatic hydroxyl groups is 1. The first-order valence-electron chi connectivity index (χ1n) is 5.81. The van der Waals surface area contributed by atoms with Crippen molar-refractivity contribution >= 4 is 12.0 Å². The summed E-state index contributed by atoms with van der Waals surface area (Å²) in [6.07, 6.45) is 1.54. The molecule has 0 bridgehead atoms. The molecule has 0 fully saturated rings. The molecule has 1 unspecified atom stereocenters. The summed E-state index contributed by atoms with van der Waals surface area (Å²) in [6, 6.07) is 2.78. The second-order valence-electron chi connectivity index (χ2n) is 4.32. The molecule has 0 saturated carbocycles. The zero-order chi connectivity index (χ0) is 15.2. The quantitative estimate of drug-likeness (QED) is 0.570. The lowest BCUT2D eigenvalue weighted by molar-refractivity contribution is -0.155. The first-order valence-corrected chi connectivity index (χ1v) is 5.81. The molecule has 0 aromatic carbocycles. The van der Waals surface area contributed by atoms with Crippen LogP contribution in [-0.4, -0.2) is 46.5 Å². The van der Waals surface area contributed by atoms with E-state index in [1.54, 1.807) is 18.3 Å². The fraction of sp³-hybridized carbons (Fsp3) is 0.417.